The van der Waals surface area contributed by atoms with Gasteiger partial charge in [0.15, 0.2) is 0 Å². The molecule has 1 aromatic carbocycles. The molecule has 6 heteroatoms. The van der Waals surface area contributed by atoms with Gasteiger partial charge in [-0.1, -0.05) is 12.1 Å². The second kappa shape index (κ2) is 8.93. The van der Waals surface area contributed by atoms with E-state index in [4.69, 9.17) is 4.74 Å². The average Bonchev–Trinajstić information content (AvgIpc) is 3.10. The molecule has 0 radical (unpaired) electrons. The molecule has 5 nitrogen and oxygen atoms in total. The quantitative estimate of drug-likeness (QED) is 0.842. The van der Waals surface area contributed by atoms with E-state index >= 15 is 0 Å². The molecule has 2 aliphatic heterocycles. The smallest absolute Gasteiger partial charge is 0.234 e. The van der Waals surface area contributed by atoms with Gasteiger partial charge in [-0.15, -0.1) is 0 Å². The molecular weight excluding hydrogens is 333 g/mol. The van der Waals surface area contributed by atoms with Crippen molar-refractivity contribution in [3.63, 3.8) is 0 Å². The first kappa shape index (κ1) is 19.3. The fraction of sp³-hybridized carbons (Fsp3) is 0.650. The lowest BCUT2D eigenvalue weighted by molar-refractivity contribution is -0.126. The minimum absolute atomic E-state index is 0.0395. The zero-order valence-electron chi connectivity index (χ0n) is 15.8. The second-order valence-corrected chi connectivity index (χ2v) is 7.57. The predicted molar refractivity (Wildman–Crippen MR) is 99.4 cm³/mol. The summed E-state index contributed by atoms with van der Waals surface area (Å²) in [6.45, 7) is 8.65. The Morgan fingerprint density at radius 3 is 2.42 bits per heavy atom. The summed E-state index contributed by atoms with van der Waals surface area (Å²) in [5.41, 5.74) is 1.06. The van der Waals surface area contributed by atoms with Crippen LogP contribution < -0.4 is 5.32 Å². The van der Waals surface area contributed by atoms with Crippen LogP contribution in [0.2, 0.25) is 0 Å². The van der Waals surface area contributed by atoms with Gasteiger partial charge in [-0.05, 0) is 57.5 Å². The van der Waals surface area contributed by atoms with Crippen LogP contribution in [0.3, 0.4) is 0 Å². The number of carbonyl (C=O) groups excluding carboxylic acids is 1. The van der Waals surface area contributed by atoms with E-state index in [0.717, 1.165) is 31.7 Å². The van der Waals surface area contributed by atoms with Gasteiger partial charge in [-0.25, -0.2) is 4.39 Å². The number of carbonyl (C=O) groups is 1. The molecule has 0 aromatic heterocycles. The van der Waals surface area contributed by atoms with Crippen LogP contribution in [0.4, 0.5) is 4.39 Å². The summed E-state index contributed by atoms with van der Waals surface area (Å²) >= 11 is 0. The molecule has 2 fully saturated rings. The van der Waals surface area contributed by atoms with Crippen molar-refractivity contribution in [3.05, 3.63) is 35.6 Å². The summed E-state index contributed by atoms with van der Waals surface area (Å²) < 4.78 is 19.0. The number of amides is 1. The van der Waals surface area contributed by atoms with Gasteiger partial charge in [0.1, 0.15) is 5.82 Å². The monoisotopic (exact) mass is 363 g/mol. The first-order valence-corrected chi connectivity index (χ1v) is 9.65. The number of morpholine rings is 1. The molecular formula is C20H30FN3O2. The Hall–Kier alpha value is -1.50. The largest absolute Gasteiger partial charge is 0.373 e. The lowest BCUT2D eigenvalue weighted by atomic mass is 10.1. The highest BCUT2D eigenvalue weighted by atomic mass is 19.1. The molecule has 0 saturated carbocycles. The van der Waals surface area contributed by atoms with Crippen molar-refractivity contribution in [3.8, 4) is 0 Å². The normalized spacial score (nSPS) is 26.0. The zero-order valence-corrected chi connectivity index (χ0v) is 15.8. The molecule has 2 heterocycles. The fourth-order valence-corrected chi connectivity index (χ4v) is 4.08. The third-order valence-electron chi connectivity index (χ3n) is 5.19. The molecule has 3 rings (SSSR count). The van der Waals surface area contributed by atoms with Crippen molar-refractivity contribution in [1.29, 1.82) is 0 Å². The van der Waals surface area contributed by atoms with Gasteiger partial charge in [-0.2, -0.15) is 0 Å². The molecule has 0 aliphatic carbocycles. The number of rotatable bonds is 6. The van der Waals surface area contributed by atoms with Crippen LogP contribution in [0, 0.1) is 5.82 Å². The number of hydrogen-bond acceptors (Lipinski definition) is 4. The van der Waals surface area contributed by atoms with Crippen molar-refractivity contribution >= 4 is 5.91 Å². The van der Waals surface area contributed by atoms with Crippen LogP contribution in [-0.4, -0.2) is 67.2 Å². The number of nitrogens with zero attached hydrogens (tertiary/aromatic N) is 2. The highest BCUT2D eigenvalue weighted by Crippen LogP contribution is 2.24. The number of halogens is 1. The molecule has 3 atom stereocenters. The van der Waals surface area contributed by atoms with E-state index in [1.165, 1.54) is 25.0 Å². The van der Waals surface area contributed by atoms with E-state index in [1.807, 2.05) is 26.0 Å². The van der Waals surface area contributed by atoms with Gasteiger partial charge in [0.05, 0.1) is 24.8 Å². The molecule has 2 aliphatic rings. The molecule has 0 bridgehead atoms. The van der Waals surface area contributed by atoms with Crippen molar-refractivity contribution in [1.82, 2.24) is 15.1 Å². The Kier molecular flexibility index (Phi) is 6.62. The molecule has 1 aromatic rings. The number of likely N-dealkylation sites (tertiary alicyclic amines) is 1. The van der Waals surface area contributed by atoms with Crippen molar-refractivity contribution in [2.24, 2.45) is 0 Å². The Morgan fingerprint density at radius 1 is 1.19 bits per heavy atom. The van der Waals surface area contributed by atoms with Crippen molar-refractivity contribution < 1.29 is 13.9 Å². The maximum Gasteiger partial charge on any atom is 0.234 e. The van der Waals surface area contributed by atoms with Crippen molar-refractivity contribution in [2.45, 2.75) is 44.9 Å². The Bertz CT molecular complexity index is 579. The van der Waals surface area contributed by atoms with E-state index in [1.54, 1.807) is 0 Å². The van der Waals surface area contributed by atoms with E-state index < -0.39 is 0 Å². The van der Waals surface area contributed by atoms with Crippen LogP contribution >= 0.6 is 0 Å². The number of benzene rings is 1. The third kappa shape index (κ3) is 5.25. The van der Waals surface area contributed by atoms with Crippen LogP contribution in [0.1, 0.15) is 38.3 Å². The summed E-state index contributed by atoms with van der Waals surface area (Å²) in [6.07, 6.45) is 2.66. The zero-order chi connectivity index (χ0) is 18.5. The van der Waals surface area contributed by atoms with Crippen LogP contribution in [-0.2, 0) is 9.53 Å². The van der Waals surface area contributed by atoms with Gasteiger partial charge >= 0.3 is 0 Å². The molecule has 26 heavy (non-hydrogen) atoms. The Balaban J connectivity index is 1.56. The fourth-order valence-electron chi connectivity index (χ4n) is 4.08. The molecule has 0 unspecified atom stereocenters. The Morgan fingerprint density at radius 2 is 1.81 bits per heavy atom. The molecule has 1 N–H and O–H groups in total. The molecule has 144 valence electrons. The minimum atomic E-state index is -0.228. The van der Waals surface area contributed by atoms with E-state index in [2.05, 4.69) is 15.1 Å². The van der Waals surface area contributed by atoms with Gasteiger partial charge in [0, 0.05) is 19.6 Å². The van der Waals surface area contributed by atoms with Crippen LogP contribution in [0.25, 0.3) is 0 Å². The van der Waals surface area contributed by atoms with Gasteiger partial charge in [0.2, 0.25) is 5.91 Å². The number of hydrogen-bond donors (Lipinski definition) is 1. The standard InChI is InChI=1S/C20H30FN3O2/c1-15-12-23(13-16(2)26-15)14-20(25)22-11-19(24-9-3-4-10-24)17-5-7-18(21)8-6-17/h5-8,15-16,19H,3-4,9-14H2,1-2H3,(H,22,25)/t15-,16+,19-/m1/s1. The summed E-state index contributed by atoms with van der Waals surface area (Å²) in [4.78, 5) is 17.0. The summed E-state index contributed by atoms with van der Waals surface area (Å²) in [5.74, 6) is -0.189. The van der Waals surface area contributed by atoms with Crippen molar-refractivity contribution in [2.75, 3.05) is 39.3 Å². The highest BCUT2D eigenvalue weighted by Gasteiger charge is 2.26. The van der Waals surface area contributed by atoms with E-state index in [-0.39, 0.29) is 30.0 Å². The van der Waals surface area contributed by atoms with E-state index in [0.29, 0.717) is 13.1 Å². The summed E-state index contributed by atoms with van der Waals surface area (Å²) in [5, 5.41) is 3.09. The maximum absolute atomic E-state index is 13.3. The second-order valence-electron chi connectivity index (χ2n) is 7.57. The lowest BCUT2D eigenvalue weighted by Crippen LogP contribution is -2.49. The van der Waals surface area contributed by atoms with Crippen LogP contribution in [0.5, 0.6) is 0 Å². The van der Waals surface area contributed by atoms with E-state index in [9.17, 15) is 9.18 Å². The summed E-state index contributed by atoms with van der Waals surface area (Å²) in [7, 11) is 0. The average molecular weight is 363 g/mol. The molecule has 0 spiro atoms. The first-order valence-electron chi connectivity index (χ1n) is 9.65. The lowest BCUT2D eigenvalue weighted by Gasteiger charge is -2.35. The predicted octanol–water partition coefficient (Wildman–Crippen LogP) is 2.19. The SMILES string of the molecule is C[C@@H]1CN(CC(=O)NC[C@H](c2ccc(F)cc2)N2CCCC2)C[C@H](C)O1. The summed E-state index contributed by atoms with van der Waals surface area (Å²) in [6, 6.07) is 6.75. The maximum atomic E-state index is 13.3. The first-order chi connectivity index (χ1) is 12.5. The minimum Gasteiger partial charge on any atom is -0.373 e. The number of ether oxygens (including phenoxy) is 1. The Labute approximate surface area is 155 Å². The molecule has 1 amide bonds. The van der Waals surface area contributed by atoms with Gasteiger partial charge in [0.25, 0.3) is 0 Å². The topological polar surface area (TPSA) is 44.8 Å². The molecule has 2 saturated heterocycles. The van der Waals surface area contributed by atoms with Gasteiger partial charge < -0.3 is 10.1 Å². The van der Waals surface area contributed by atoms with Gasteiger partial charge in [-0.3, -0.25) is 14.6 Å². The highest BCUT2D eigenvalue weighted by molar-refractivity contribution is 5.78. The number of nitrogens with one attached hydrogen (secondary N) is 1. The van der Waals surface area contributed by atoms with Crippen LogP contribution in [0.15, 0.2) is 24.3 Å². The third-order valence-corrected chi connectivity index (χ3v) is 5.19.